The average molecular weight is 376 g/mol. The van der Waals surface area contributed by atoms with E-state index in [1.54, 1.807) is 11.1 Å². The van der Waals surface area contributed by atoms with Crippen molar-refractivity contribution in [1.82, 2.24) is 25.3 Å². The Labute approximate surface area is 159 Å². The van der Waals surface area contributed by atoms with Gasteiger partial charge in [-0.25, -0.2) is 19.8 Å². The summed E-state index contributed by atoms with van der Waals surface area (Å²) in [5.74, 6) is 0.474. The Balaban J connectivity index is 1.51. The van der Waals surface area contributed by atoms with Crippen LogP contribution in [0.5, 0.6) is 0 Å². The summed E-state index contributed by atoms with van der Waals surface area (Å²) in [5, 5.41) is 1.91. The van der Waals surface area contributed by atoms with E-state index >= 15 is 0 Å². The van der Waals surface area contributed by atoms with Gasteiger partial charge in [-0.3, -0.25) is 10.2 Å². The molecule has 0 bridgehead atoms. The lowest BCUT2D eigenvalue weighted by Crippen LogP contribution is -2.50. The van der Waals surface area contributed by atoms with Crippen LogP contribution in [0.2, 0.25) is 0 Å². The summed E-state index contributed by atoms with van der Waals surface area (Å²) in [6.07, 6.45) is 5.02. The van der Waals surface area contributed by atoms with Gasteiger partial charge >= 0.3 is 6.09 Å². The summed E-state index contributed by atoms with van der Waals surface area (Å²) in [5.41, 5.74) is 2.66. The van der Waals surface area contributed by atoms with E-state index in [-0.39, 0.29) is 12.0 Å². The summed E-state index contributed by atoms with van der Waals surface area (Å²) >= 11 is 0. The molecule has 1 aromatic rings. The molecule has 0 saturated carbocycles. The van der Waals surface area contributed by atoms with Crippen LogP contribution < -0.4 is 10.3 Å². The Morgan fingerprint density at radius 1 is 1.00 bits per heavy atom. The van der Waals surface area contributed by atoms with Crippen LogP contribution in [0.3, 0.4) is 0 Å². The van der Waals surface area contributed by atoms with Crippen molar-refractivity contribution >= 4 is 17.8 Å². The number of amides is 2. The maximum Gasteiger partial charge on any atom is 0.410 e. The van der Waals surface area contributed by atoms with Crippen molar-refractivity contribution in [2.45, 2.75) is 39.2 Å². The highest BCUT2D eigenvalue weighted by Gasteiger charge is 2.26. The van der Waals surface area contributed by atoms with Crippen LogP contribution in [-0.4, -0.2) is 76.7 Å². The van der Waals surface area contributed by atoms with E-state index < -0.39 is 5.60 Å². The summed E-state index contributed by atoms with van der Waals surface area (Å²) < 4.78 is 5.41. The SMILES string of the molecule is CC(C)(C)OC(=O)N1CCN(c2cnc(C(=O)NN3CCCC3)cn2)CC1. The Kier molecular flexibility index (Phi) is 5.79. The quantitative estimate of drug-likeness (QED) is 0.849. The smallest absolute Gasteiger partial charge is 0.410 e. The molecule has 2 saturated heterocycles. The number of piperazine rings is 1. The molecule has 2 aliphatic rings. The summed E-state index contributed by atoms with van der Waals surface area (Å²) in [4.78, 5) is 36.7. The van der Waals surface area contributed by atoms with Crippen molar-refractivity contribution in [3.63, 3.8) is 0 Å². The molecule has 9 nitrogen and oxygen atoms in total. The molecule has 2 amide bonds. The third-order valence-electron chi connectivity index (χ3n) is 4.49. The first-order chi connectivity index (χ1) is 12.8. The molecular formula is C18H28N6O3. The van der Waals surface area contributed by atoms with Gasteiger partial charge in [-0.05, 0) is 33.6 Å². The van der Waals surface area contributed by atoms with Gasteiger partial charge in [0.15, 0.2) is 0 Å². The minimum Gasteiger partial charge on any atom is -0.444 e. The predicted octanol–water partition coefficient (Wildman–Crippen LogP) is 1.27. The van der Waals surface area contributed by atoms with Crippen molar-refractivity contribution in [3.05, 3.63) is 18.1 Å². The molecule has 0 radical (unpaired) electrons. The number of rotatable bonds is 3. The number of hydrazine groups is 1. The molecule has 0 spiro atoms. The van der Waals surface area contributed by atoms with Crippen molar-refractivity contribution in [2.24, 2.45) is 0 Å². The van der Waals surface area contributed by atoms with Crippen LogP contribution in [0.4, 0.5) is 10.6 Å². The zero-order valence-electron chi connectivity index (χ0n) is 16.3. The lowest BCUT2D eigenvalue weighted by molar-refractivity contribution is 0.0240. The Bertz CT molecular complexity index is 659. The molecule has 1 aromatic heterocycles. The predicted molar refractivity (Wildman–Crippen MR) is 100 cm³/mol. The van der Waals surface area contributed by atoms with Gasteiger partial charge in [0, 0.05) is 39.3 Å². The molecule has 0 unspecified atom stereocenters. The number of ether oxygens (including phenoxy) is 1. The second kappa shape index (κ2) is 8.08. The van der Waals surface area contributed by atoms with E-state index in [1.807, 2.05) is 25.8 Å². The third kappa shape index (κ3) is 5.29. The topological polar surface area (TPSA) is 90.9 Å². The fourth-order valence-electron chi connectivity index (χ4n) is 3.08. The van der Waals surface area contributed by atoms with Crippen molar-refractivity contribution < 1.29 is 14.3 Å². The van der Waals surface area contributed by atoms with Gasteiger partial charge in [-0.15, -0.1) is 0 Å². The number of nitrogens with one attached hydrogen (secondary N) is 1. The monoisotopic (exact) mass is 376 g/mol. The molecule has 9 heteroatoms. The van der Waals surface area contributed by atoms with Gasteiger partial charge in [0.25, 0.3) is 5.91 Å². The van der Waals surface area contributed by atoms with Crippen molar-refractivity contribution in [3.8, 4) is 0 Å². The van der Waals surface area contributed by atoms with E-state index in [2.05, 4.69) is 20.3 Å². The van der Waals surface area contributed by atoms with Crippen LogP contribution in [0.15, 0.2) is 12.4 Å². The molecule has 0 aromatic carbocycles. The number of aromatic nitrogens is 2. The van der Waals surface area contributed by atoms with Gasteiger partial charge in [0.2, 0.25) is 0 Å². The largest absolute Gasteiger partial charge is 0.444 e. The lowest BCUT2D eigenvalue weighted by Gasteiger charge is -2.36. The van der Waals surface area contributed by atoms with Crippen molar-refractivity contribution in [1.29, 1.82) is 0 Å². The first kappa shape index (κ1) is 19.3. The molecule has 0 atom stereocenters. The van der Waals surface area contributed by atoms with Gasteiger partial charge in [0.05, 0.1) is 12.4 Å². The van der Waals surface area contributed by atoms with E-state index in [4.69, 9.17) is 4.74 Å². The van der Waals surface area contributed by atoms with E-state index in [1.165, 1.54) is 6.20 Å². The van der Waals surface area contributed by atoms with Crippen molar-refractivity contribution in [2.75, 3.05) is 44.2 Å². The average Bonchev–Trinajstić information content (AvgIpc) is 3.13. The summed E-state index contributed by atoms with van der Waals surface area (Å²) in [6, 6.07) is 0. The molecule has 148 valence electrons. The number of nitrogens with zero attached hydrogens (tertiary/aromatic N) is 5. The van der Waals surface area contributed by atoms with Gasteiger partial charge in [-0.1, -0.05) is 0 Å². The molecular weight excluding hydrogens is 348 g/mol. The molecule has 1 N–H and O–H groups in total. The number of hydrogen-bond acceptors (Lipinski definition) is 7. The third-order valence-corrected chi connectivity index (χ3v) is 4.49. The Morgan fingerprint density at radius 2 is 1.67 bits per heavy atom. The molecule has 3 rings (SSSR count). The molecule has 3 heterocycles. The molecule has 0 aliphatic carbocycles. The summed E-state index contributed by atoms with van der Waals surface area (Å²) in [7, 11) is 0. The van der Waals surface area contributed by atoms with Gasteiger partial charge < -0.3 is 14.5 Å². The van der Waals surface area contributed by atoms with Crippen LogP contribution in [0.1, 0.15) is 44.1 Å². The first-order valence-electron chi connectivity index (χ1n) is 9.43. The highest BCUT2D eigenvalue weighted by atomic mass is 16.6. The van der Waals surface area contributed by atoms with E-state index in [9.17, 15) is 9.59 Å². The maximum atomic E-state index is 12.2. The van der Waals surface area contributed by atoms with Crippen LogP contribution in [0, 0.1) is 0 Å². The second-order valence-electron chi connectivity index (χ2n) is 7.85. The van der Waals surface area contributed by atoms with Crippen LogP contribution >= 0.6 is 0 Å². The van der Waals surface area contributed by atoms with E-state index in [0.717, 1.165) is 25.9 Å². The Morgan fingerprint density at radius 3 is 2.22 bits per heavy atom. The molecule has 2 fully saturated rings. The maximum absolute atomic E-state index is 12.2. The number of anilines is 1. The van der Waals surface area contributed by atoms with Gasteiger partial charge in [-0.2, -0.15) is 0 Å². The highest BCUT2D eigenvalue weighted by molar-refractivity contribution is 5.91. The first-order valence-corrected chi connectivity index (χ1v) is 9.43. The second-order valence-corrected chi connectivity index (χ2v) is 7.85. The number of hydrogen-bond donors (Lipinski definition) is 1. The molecule has 2 aliphatic heterocycles. The zero-order chi connectivity index (χ0) is 19.4. The number of carbonyl (C=O) groups is 2. The molecule has 27 heavy (non-hydrogen) atoms. The standard InChI is InChI=1S/C18H28N6O3/c1-18(2,3)27-17(26)23-10-8-22(9-11-23)15-13-19-14(12-20-15)16(25)21-24-6-4-5-7-24/h12-13H,4-11H2,1-3H3,(H,21,25). The van der Waals surface area contributed by atoms with Crippen LogP contribution in [0.25, 0.3) is 0 Å². The zero-order valence-corrected chi connectivity index (χ0v) is 16.3. The summed E-state index contributed by atoms with van der Waals surface area (Å²) in [6.45, 7) is 9.74. The number of carbonyl (C=O) groups excluding carboxylic acids is 2. The fourth-order valence-corrected chi connectivity index (χ4v) is 3.08. The minimum absolute atomic E-state index is 0.231. The minimum atomic E-state index is -0.495. The normalized spacial score (nSPS) is 18.5. The highest BCUT2D eigenvalue weighted by Crippen LogP contribution is 2.15. The Hall–Kier alpha value is -2.42. The van der Waals surface area contributed by atoms with Crippen LogP contribution in [-0.2, 0) is 4.74 Å². The van der Waals surface area contributed by atoms with Gasteiger partial charge in [0.1, 0.15) is 17.1 Å². The lowest BCUT2D eigenvalue weighted by atomic mass is 10.2. The fraction of sp³-hybridized carbons (Fsp3) is 0.667. The van der Waals surface area contributed by atoms with E-state index in [0.29, 0.717) is 37.7 Å².